The van der Waals surface area contributed by atoms with E-state index in [1.165, 1.54) is 0 Å². The zero-order valence-corrected chi connectivity index (χ0v) is 18.9. The van der Waals surface area contributed by atoms with E-state index in [-0.39, 0.29) is 11.1 Å². The van der Waals surface area contributed by atoms with Gasteiger partial charge in [0.15, 0.2) is 0 Å². The van der Waals surface area contributed by atoms with Crippen molar-refractivity contribution in [1.29, 1.82) is 0 Å². The van der Waals surface area contributed by atoms with Crippen molar-refractivity contribution in [3.05, 3.63) is 83.7 Å². The summed E-state index contributed by atoms with van der Waals surface area (Å²) in [5.74, 6) is 1.44. The van der Waals surface area contributed by atoms with Gasteiger partial charge in [-0.05, 0) is 30.4 Å². The highest BCUT2D eigenvalue weighted by Crippen LogP contribution is 2.32. The molecule has 0 bridgehead atoms. The predicted octanol–water partition coefficient (Wildman–Crippen LogP) is 5.05. The summed E-state index contributed by atoms with van der Waals surface area (Å²) in [5, 5.41) is 3.71. The number of hydrogen-bond donors (Lipinski definition) is 2. The summed E-state index contributed by atoms with van der Waals surface area (Å²) in [5.41, 5.74) is 4.12. The van der Waals surface area contributed by atoms with Crippen molar-refractivity contribution in [2.75, 3.05) is 6.61 Å². The molecule has 0 saturated carbocycles. The van der Waals surface area contributed by atoms with Crippen molar-refractivity contribution in [2.45, 2.75) is 25.0 Å². The minimum absolute atomic E-state index is 0.223. The highest BCUT2D eigenvalue weighted by molar-refractivity contribution is 8.15. The molecule has 2 amide bonds. The van der Waals surface area contributed by atoms with Crippen LogP contribution in [-0.2, 0) is 17.6 Å². The molecule has 4 aromatic rings. The number of nitrogens with zero attached hydrogens (tertiary/aromatic N) is 1. The van der Waals surface area contributed by atoms with E-state index in [9.17, 15) is 9.59 Å². The highest BCUT2D eigenvalue weighted by atomic mass is 32.2. The van der Waals surface area contributed by atoms with E-state index in [0.717, 1.165) is 56.6 Å². The number of carbonyl (C=O) groups is 2. The Morgan fingerprint density at radius 3 is 2.48 bits per heavy atom. The first-order chi connectivity index (χ1) is 16.1. The van der Waals surface area contributed by atoms with Crippen LogP contribution in [0.5, 0.6) is 5.75 Å². The molecule has 6 nitrogen and oxygen atoms in total. The average Bonchev–Trinajstić information content (AvgIpc) is 3.36. The van der Waals surface area contributed by atoms with Crippen molar-refractivity contribution >= 4 is 33.7 Å². The number of H-pyrrole nitrogens is 1. The third-order valence-corrected chi connectivity index (χ3v) is 6.76. The van der Waals surface area contributed by atoms with E-state index in [2.05, 4.69) is 10.3 Å². The van der Waals surface area contributed by atoms with Crippen LogP contribution in [-0.4, -0.2) is 33.0 Å². The van der Waals surface area contributed by atoms with Crippen LogP contribution in [0.2, 0.25) is 0 Å². The smallest absolute Gasteiger partial charge is 0.286 e. The molecule has 3 aromatic carbocycles. The van der Waals surface area contributed by atoms with Gasteiger partial charge < -0.3 is 9.72 Å². The number of fused-ring (bicyclic) bond motifs is 1. The number of thioether (sulfide) groups is 1. The van der Waals surface area contributed by atoms with Gasteiger partial charge in [0.25, 0.3) is 5.24 Å². The summed E-state index contributed by atoms with van der Waals surface area (Å²) in [4.78, 5) is 31.6. The van der Waals surface area contributed by atoms with Gasteiger partial charge in [-0.1, -0.05) is 72.4 Å². The summed E-state index contributed by atoms with van der Waals surface area (Å²) in [6, 6.07) is 22.0. The van der Waals surface area contributed by atoms with E-state index in [1.54, 1.807) is 0 Å². The fourth-order valence-corrected chi connectivity index (χ4v) is 4.94. The molecule has 1 saturated heterocycles. The quantitative estimate of drug-likeness (QED) is 0.406. The number of imidazole rings is 1. The predicted molar refractivity (Wildman–Crippen MR) is 131 cm³/mol. The molecule has 33 heavy (non-hydrogen) atoms. The number of amides is 2. The summed E-state index contributed by atoms with van der Waals surface area (Å²) in [6.45, 7) is 2.53. The second-order valence-electron chi connectivity index (χ2n) is 7.98. The van der Waals surface area contributed by atoms with Gasteiger partial charge in [0, 0.05) is 23.1 Å². The van der Waals surface area contributed by atoms with Gasteiger partial charge in [0.05, 0.1) is 17.6 Å². The molecule has 1 fully saturated rings. The Labute approximate surface area is 195 Å². The van der Waals surface area contributed by atoms with Crippen molar-refractivity contribution in [2.24, 2.45) is 0 Å². The van der Waals surface area contributed by atoms with Crippen LogP contribution in [0.15, 0.2) is 66.7 Å². The number of aryl methyl sites for hydroxylation is 1. The van der Waals surface area contributed by atoms with Gasteiger partial charge in [0.2, 0.25) is 5.91 Å². The Hall–Kier alpha value is -3.58. The second-order valence-corrected chi connectivity index (χ2v) is 9.15. The van der Waals surface area contributed by atoms with Crippen molar-refractivity contribution < 1.29 is 14.3 Å². The third kappa shape index (κ3) is 4.50. The minimum atomic E-state index is -0.394. The van der Waals surface area contributed by atoms with Crippen molar-refractivity contribution in [3.63, 3.8) is 0 Å². The Morgan fingerprint density at radius 1 is 0.970 bits per heavy atom. The maximum absolute atomic E-state index is 12.0. The minimum Gasteiger partial charge on any atom is -0.493 e. The largest absolute Gasteiger partial charge is 0.493 e. The Kier molecular flexibility index (Phi) is 5.88. The van der Waals surface area contributed by atoms with Crippen LogP contribution in [0.25, 0.3) is 22.2 Å². The summed E-state index contributed by atoms with van der Waals surface area (Å²) >= 11 is 1.05. The molecule has 0 spiro atoms. The van der Waals surface area contributed by atoms with E-state index in [1.807, 2.05) is 73.7 Å². The normalized spacial score (nSPS) is 15.7. The number of ether oxygens (including phenoxy) is 1. The van der Waals surface area contributed by atoms with Crippen LogP contribution in [0.3, 0.4) is 0 Å². The maximum Gasteiger partial charge on any atom is 0.286 e. The number of benzene rings is 3. The van der Waals surface area contributed by atoms with E-state index in [0.29, 0.717) is 19.4 Å². The van der Waals surface area contributed by atoms with Crippen molar-refractivity contribution in [3.8, 4) is 17.1 Å². The fraction of sp³-hybridized carbons (Fsp3) is 0.192. The molecule has 1 aliphatic heterocycles. The number of rotatable bonds is 7. The maximum atomic E-state index is 12.0. The van der Waals surface area contributed by atoms with Crippen LogP contribution in [0.1, 0.15) is 17.0 Å². The number of imide groups is 1. The zero-order chi connectivity index (χ0) is 22.8. The summed E-state index contributed by atoms with van der Waals surface area (Å²) < 4.78 is 6.16. The topological polar surface area (TPSA) is 84.1 Å². The number of aromatic amines is 1. The molecule has 2 N–H and O–H groups in total. The van der Waals surface area contributed by atoms with Gasteiger partial charge in [-0.2, -0.15) is 0 Å². The molecule has 1 unspecified atom stereocenters. The van der Waals surface area contributed by atoms with Crippen LogP contribution in [0, 0.1) is 6.92 Å². The molecule has 0 aliphatic carbocycles. The highest BCUT2D eigenvalue weighted by Gasteiger charge is 2.32. The van der Waals surface area contributed by atoms with E-state index >= 15 is 0 Å². The molecule has 1 aromatic heterocycles. The van der Waals surface area contributed by atoms with Gasteiger partial charge >= 0.3 is 0 Å². The lowest BCUT2D eigenvalue weighted by molar-refractivity contribution is -0.118. The van der Waals surface area contributed by atoms with Crippen LogP contribution >= 0.6 is 11.8 Å². The lowest BCUT2D eigenvalue weighted by atomic mass is 10.00. The van der Waals surface area contributed by atoms with Gasteiger partial charge in [-0.25, -0.2) is 4.98 Å². The summed E-state index contributed by atoms with van der Waals surface area (Å²) in [6.07, 6.45) is 1.18. The Bertz CT molecular complexity index is 1330. The first-order valence-electron chi connectivity index (χ1n) is 10.8. The molecule has 5 rings (SSSR count). The first-order valence-corrected chi connectivity index (χ1v) is 11.7. The fourth-order valence-electron chi connectivity index (χ4n) is 4.10. The number of hydrogen-bond acceptors (Lipinski definition) is 5. The van der Waals surface area contributed by atoms with E-state index < -0.39 is 5.25 Å². The standard InChI is InChI=1S/C26H23N3O3S/c1-16-21(28-24(27-16)17-7-3-2-4-8-17)13-14-32-22-12-11-18(19-9-5-6-10-20(19)22)15-23-25(30)29-26(31)33-23/h2-12,23H,13-15H2,1H3,(H,27,28)(H,29,30,31). The number of carbonyl (C=O) groups excluding carboxylic acids is 2. The van der Waals surface area contributed by atoms with E-state index in [4.69, 9.17) is 9.72 Å². The molecule has 1 aliphatic rings. The lowest BCUT2D eigenvalue weighted by Gasteiger charge is -2.13. The molecule has 2 heterocycles. The van der Waals surface area contributed by atoms with Crippen molar-refractivity contribution in [1.82, 2.24) is 15.3 Å². The zero-order valence-electron chi connectivity index (χ0n) is 18.1. The van der Waals surface area contributed by atoms with Crippen LogP contribution < -0.4 is 10.1 Å². The SMILES string of the molecule is Cc1[nH]c(-c2ccccc2)nc1CCOc1ccc(CC2SC(=O)NC2=O)c2ccccc12. The molecular weight excluding hydrogens is 434 g/mol. The Morgan fingerprint density at radius 2 is 1.73 bits per heavy atom. The average molecular weight is 458 g/mol. The van der Waals surface area contributed by atoms with Gasteiger partial charge in [-0.3, -0.25) is 14.9 Å². The first kappa shape index (κ1) is 21.3. The molecule has 1 atom stereocenters. The summed E-state index contributed by atoms with van der Waals surface area (Å²) in [7, 11) is 0. The molecule has 0 radical (unpaired) electrons. The van der Waals surface area contributed by atoms with Crippen LogP contribution in [0.4, 0.5) is 4.79 Å². The lowest BCUT2D eigenvalue weighted by Crippen LogP contribution is -2.25. The monoisotopic (exact) mass is 457 g/mol. The molecule has 166 valence electrons. The third-order valence-electron chi connectivity index (χ3n) is 5.78. The number of nitrogens with one attached hydrogen (secondary N) is 2. The molecule has 7 heteroatoms. The second kappa shape index (κ2) is 9.11. The Balaban J connectivity index is 1.31. The number of aromatic nitrogens is 2. The molecular formula is C26H23N3O3S. The van der Waals surface area contributed by atoms with Gasteiger partial charge in [-0.15, -0.1) is 0 Å². The van der Waals surface area contributed by atoms with Gasteiger partial charge in [0.1, 0.15) is 11.6 Å².